The molecule has 1 unspecified atom stereocenters. The van der Waals surface area contributed by atoms with E-state index in [1.54, 1.807) is 56.3 Å². The number of carbonyl (C=O) groups is 1. The molecule has 0 saturated carbocycles. The van der Waals surface area contributed by atoms with E-state index in [0.29, 0.717) is 11.6 Å². The van der Waals surface area contributed by atoms with Gasteiger partial charge in [-0.2, -0.15) is 0 Å². The van der Waals surface area contributed by atoms with Gasteiger partial charge in [0.2, 0.25) is 5.29 Å². The van der Waals surface area contributed by atoms with Gasteiger partial charge in [0.25, 0.3) is 0 Å². The van der Waals surface area contributed by atoms with Gasteiger partial charge in [-0.05, 0) is 56.6 Å². The molecule has 1 aliphatic rings. The highest BCUT2D eigenvalue weighted by molar-refractivity contribution is 7.93. The largest absolute Gasteiger partial charge is 0.442 e. The third-order valence-electron chi connectivity index (χ3n) is 2.91. The minimum atomic E-state index is -2.89. The van der Waals surface area contributed by atoms with Crippen molar-refractivity contribution in [3.05, 3.63) is 24.3 Å². The van der Waals surface area contributed by atoms with E-state index >= 15 is 0 Å². The predicted octanol–water partition coefficient (Wildman–Crippen LogP) is 3.48. The van der Waals surface area contributed by atoms with Crippen LogP contribution in [0, 0.1) is 0 Å². The summed E-state index contributed by atoms with van der Waals surface area (Å²) >= 11 is 5.68. The summed E-state index contributed by atoms with van der Waals surface area (Å²) in [5.74, 6) is 0. The van der Waals surface area contributed by atoms with Gasteiger partial charge in [0.1, 0.15) is 12.3 Å². The predicted molar refractivity (Wildman–Crippen MR) is 96.6 cm³/mol. The lowest BCUT2D eigenvalue weighted by molar-refractivity contribution is 0.0607. The Kier molecular flexibility index (Phi) is 5.29. The number of nitrogens with zero attached hydrogens (tertiary/aromatic N) is 4. The SMILES string of the molecule is CC(C)(C)OC(=O)N=S(C)(=O)c1ccc(N2C=NC(Cl)=NC2)cc1. The van der Waals surface area contributed by atoms with Crippen molar-refractivity contribution in [2.75, 3.05) is 17.8 Å². The highest BCUT2D eigenvalue weighted by Gasteiger charge is 2.18. The fourth-order valence-corrected chi connectivity index (χ4v) is 3.01. The van der Waals surface area contributed by atoms with E-state index in [1.165, 1.54) is 6.26 Å². The van der Waals surface area contributed by atoms with E-state index in [1.807, 2.05) is 0 Å². The Balaban J connectivity index is 2.19. The number of amidine groups is 1. The number of hydrogen-bond donors (Lipinski definition) is 0. The van der Waals surface area contributed by atoms with Gasteiger partial charge in [0.15, 0.2) is 0 Å². The van der Waals surface area contributed by atoms with Crippen LogP contribution in [0.25, 0.3) is 0 Å². The molecular formula is C15H19ClN4O3S. The Morgan fingerprint density at radius 3 is 2.46 bits per heavy atom. The Hall–Kier alpha value is -1.93. The van der Waals surface area contributed by atoms with Gasteiger partial charge in [-0.25, -0.2) is 19.0 Å². The highest BCUT2D eigenvalue weighted by Crippen LogP contribution is 2.20. The molecule has 0 N–H and O–H groups in total. The Bertz CT molecular complexity index is 803. The van der Waals surface area contributed by atoms with E-state index in [4.69, 9.17) is 16.3 Å². The topological polar surface area (TPSA) is 83.7 Å². The minimum absolute atomic E-state index is 0.204. The first kappa shape index (κ1) is 18.4. The average Bonchev–Trinajstić information content (AvgIpc) is 2.45. The lowest BCUT2D eigenvalue weighted by Crippen LogP contribution is -2.25. The molecule has 0 aliphatic carbocycles. The van der Waals surface area contributed by atoms with Gasteiger partial charge in [-0.15, -0.1) is 4.36 Å². The second-order valence-electron chi connectivity index (χ2n) is 6.15. The van der Waals surface area contributed by atoms with Crippen LogP contribution >= 0.6 is 11.6 Å². The second-order valence-corrected chi connectivity index (χ2v) is 8.75. The van der Waals surface area contributed by atoms with Crippen LogP contribution < -0.4 is 4.90 Å². The molecular weight excluding hydrogens is 352 g/mol. The molecule has 1 aromatic rings. The molecule has 1 atom stereocenters. The van der Waals surface area contributed by atoms with Crippen LogP contribution in [0.4, 0.5) is 10.5 Å². The van der Waals surface area contributed by atoms with Gasteiger partial charge in [0, 0.05) is 16.8 Å². The van der Waals surface area contributed by atoms with Crippen LogP contribution in [0.15, 0.2) is 43.5 Å². The number of anilines is 1. The number of aliphatic imine (C=N–C) groups is 2. The maximum Gasteiger partial charge on any atom is 0.442 e. The smallest absolute Gasteiger partial charge is 0.442 e. The van der Waals surface area contributed by atoms with Crippen molar-refractivity contribution in [1.29, 1.82) is 0 Å². The third-order valence-corrected chi connectivity index (χ3v) is 4.77. The molecule has 0 spiro atoms. The molecule has 0 fully saturated rings. The first-order chi connectivity index (χ1) is 11.1. The van der Waals surface area contributed by atoms with Crippen molar-refractivity contribution in [2.45, 2.75) is 31.3 Å². The summed E-state index contributed by atoms with van der Waals surface area (Å²) in [6.45, 7) is 5.52. The summed E-state index contributed by atoms with van der Waals surface area (Å²) in [5.41, 5.74) is 0.123. The summed E-state index contributed by atoms with van der Waals surface area (Å²) < 4.78 is 21.5. The van der Waals surface area contributed by atoms with Gasteiger partial charge in [-0.3, -0.25) is 0 Å². The number of hydrogen-bond acceptors (Lipinski definition) is 6. The van der Waals surface area contributed by atoms with E-state index in [-0.39, 0.29) is 5.29 Å². The van der Waals surface area contributed by atoms with Crippen molar-refractivity contribution in [3.63, 3.8) is 0 Å². The number of carbonyl (C=O) groups excluding carboxylic acids is 1. The second kappa shape index (κ2) is 6.90. The van der Waals surface area contributed by atoms with Crippen LogP contribution in [0.1, 0.15) is 20.8 Å². The highest BCUT2D eigenvalue weighted by atomic mass is 35.5. The van der Waals surface area contributed by atoms with Crippen molar-refractivity contribution in [3.8, 4) is 0 Å². The first-order valence-corrected chi connectivity index (χ1v) is 9.43. The normalized spacial score (nSPS) is 17.0. The summed E-state index contributed by atoms with van der Waals surface area (Å²) in [7, 11) is -2.89. The van der Waals surface area contributed by atoms with Crippen molar-refractivity contribution >= 4 is 44.7 Å². The molecule has 1 aliphatic heterocycles. The number of amides is 1. The van der Waals surface area contributed by atoms with Crippen molar-refractivity contribution in [2.24, 2.45) is 14.3 Å². The maximum atomic E-state index is 12.7. The quantitative estimate of drug-likeness (QED) is 0.746. The van der Waals surface area contributed by atoms with Crippen molar-refractivity contribution < 1.29 is 13.7 Å². The lowest BCUT2D eigenvalue weighted by atomic mass is 10.2. The molecule has 0 aromatic heterocycles. The molecule has 1 heterocycles. The van der Waals surface area contributed by atoms with E-state index < -0.39 is 21.4 Å². The van der Waals surface area contributed by atoms with Gasteiger partial charge < -0.3 is 9.64 Å². The molecule has 7 nitrogen and oxygen atoms in total. The standard InChI is InChI=1S/C15H19ClN4O3S/c1-15(2,3)23-14(21)19-24(4,22)12-7-5-11(6-8-12)20-9-17-13(16)18-10-20/h5-9H,10H2,1-4H3. The summed E-state index contributed by atoms with van der Waals surface area (Å²) in [4.78, 5) is 21.9. The number of halogens is 1. The average molecular weight is 371 g/mol. The van der Waals surface area contributed by atoms with E-state index in [9.17, 15) is 9.00 Å². The maximum absolute atomic E-state index is 12.7. The van der Waals surface area contributed by atoms with Gasteiger partial charge >= 0.3 is 6.09 Å². The number of benzene rings is 1. The molecule has 1 aromatic carbocycles. The molecule has 9 heteroatoms. The van der Waals surface area contributed by atoms with Gasteiger partial charge in [0.05, 0.1) is 16.1 Å². The molecule has 1 amide bonds. The third kappa shape index (κ3) is 5.04. The lowest BCUT2D eigenvalue weighted by Gasteiger charge is -2.20. The molecule has 0 radical (unpaired) electrons. The van der Waals surface area contributed by atoms with Crippen LogP contribution in [0.2, 0.25) is 0 Å². The summed E-state index contributed by atoms with van der Waals surface area (Å²) in [6.07, 6.45) is 2.13. The Morgan fingerprint density at radius 1 is 1.33 bits per heavy atom. The van der Waals surface area contributed by atoms with Crippen LogP contribution in [-0.4, -0.2) is 40.5 Å². The zero-order valence-electron chi connectivity index (χ0n) is 13.9. The fraction of sp³-hybridized carbons (Fsp3) is 0.400. The van der Waals surface area contributed by atoms with Crippen LogP contribution in [0.5, 0.6) is 0 Å². The summed E-state index contributed by atoms with van der Waals surface area (Å²) in [5, 5.41) is 0.204. The molecule has 130 valence electrons. The van der Waals surface area contributed by atoms with Crippen LogP contribution in [0.3, 0.4) is 0 Å². The zero-order valence-corrected chi connectivity index (χ0v) is 15.5. The first-order valence-electron chi connectivity index (χ1n) is 7.13. The van der Waals surface area contributed by atoms with E-state index in [0.717, 1.165) is 5.69 Å². The molecule has 24 heavy (non-hydrogen) atoms. The molecule has 0 saturated heterocycles. The number of rotatable bonds is 2. The van der Waals surface area contributed by atoms with Gasteiger partial charge in [-0.1, -0.05) is 0 Å². The van der Waals surface area contributed by atoms with Crippen molar-refractivity contribution in [1.82, 2.24) is 0 Å². The molecule has 2 rings (SSSR count). The zero-order chi connectivity index (χ0) is 18.0. The summed E-state index contributed by atoms with van der Waals surface area (Å²) in [6, 6.07) is 6.81. The van der Waals surface area contributed by atoms with E-state index in [2.05, 4.69) is 14.3 Å². The number of ether oxygens (including phenoxy) is 1. The Labute approximate surface area is 146 Å². The monoisotopic (exact) mass is 370 g/mol. The van der Waals surface area contributed by atoms with Crippen LogP contribution in [-0.2, 0) is 14.5 Å². The Morgan fingerprint density at radius 2 is 1.96 bits per heavy atom. The minimum Gasteiger partial charge on any atom is -0.442 e. The fourth-order valence-electron chi connectivity index (χ4n) is 1.84. The molecule has 0 bridgehead atoms.